The van der Waals surface area contributed by atoms with E-state index in [1.54, 1.807) is 12.1 Å². The minimum atomic E-state index is -0.341. The van der Waals surface area contributed by atoms with Crippen LogP contribution in [0.2, 0.25) is 0 Å². The molecular weight excluding hydrogens is 231 g/mol. The third kappa shape index (κ3) is 3.51. The standard InChI is InChI=1S/C14H21FN2O/c1-10(18)12-6-14(16)9-17(8-12)7-11-3-2-4-13(15)5-11/h2-5,10,12,14,18H,6-9,16H2,1H3. The predicted octanol–water partition coefficient (Wildman–Crippen LogP) is 1.36. The van der Waals surface area contributed by atoms with E-state index in [2.05, 4.69) is 4.90 Å². The van der Waals surface area contributed by atoms with Gasteiger partial charge >= 0.3 is 0 Å². The maximum atomic E-state index is 13.1. The number of rotatable bonds is 3. The summed E-state index contributed by atoms with van der Waals surface area (Å²) in [6, 6.07) is 6.73. The molecule has 18 heavy (non-hydrogen) atoms. The van der Waals surface area contributed by atoms with Crippen LogP contribution in [-0.2, 0) is 6.54 Å². The summed E-state index contributed by atoms with van der Waals surface area (Å²) < 4.78 is 13.1. The first-order valence-electron chi connectivity index (χ1n) is 6.45. The van der Waals surface area contributed by atoms with Gasteiger partial charge in [-0.3, -0.25) is 4.90 Å². The molecule has 1 saturated heterocycles. The molecule has 1 aromatic carbocycles. The molecule has 1 aliphatic heterocycles. The van der Waals surface area contributed by atoms with Gasteiger partial charge in [-0.25, -0.2) is 4.39 Å². The van der Waals surface area contributed by atoms with E-state index >= 15 is 0 Å². The van der Waals surface area contributed by atoms with Gasteiger partial charge in [0.05, 0.1) is 6.10 Å². The molecule has 3 unspecified atom stereocenters. The number of halogens is 1. The summed E-state index contributed by atoms with van der Waals surface area (Å²) >= 11 is 0. The molecule has 2 rings (SSSR count). The van der Waals surface area contributed by atoms with Crippen LogP contribution in [0.25, 0.3) is 0 Å². The van der Waals surface area contributed by atoms with Gasteiger partial charge < -0.3 is 10.8 Å². The van der Waals surface area contributed by atoms with Gasteiger partial charge in [-0.05, 0) is 37.0 Å². The summed E-state index contributed by atoms with van der Waals surface area (Å²) in [6.45, 7) is 4.12. The zero-order chi connectivity index (χ0) is 13.1. The van der Waals surface area contributed by atoms with Crippen LogP contribution in [0.1, 0.15) is 18.9 Å². The molecule has 3 atom stereocenters. The van der Waals surface area contributed by atoms with Crippen molar-refractivity contribution in [1.29, 1.82) is 0 Å². The summed E-state index contributed by atoms with van der Waals surface area (Å²) in [6.07, 6.45) is 0.517. The van der Waals surface area contributed by atoms with E-state index in [1.807, 2.05) is 13.0 Å². The molecule has 1 fully saturated rings. The number of nitrogens with two attached hydrogens (primary N) is 1. The molecule has 0 radical (unpaired) electrons. The van der Waals surface area contributed by atoms with Crippen molar-refractivity contribution in [2.24, 2.45) is 11.7 Å². The Morgan fingerprint density at radius 2 is 2.28 bits per heavy atom. The van der Waals surface area contributed by atoms with Crippen molar-refractivity contribution in [2.75, 3.05) is 13.1 Å². The Morgan fingerprint density at radius 3 is 2.94 bits per heavy atom. The second kappa shape index (κ2) is 5.78. The fourth-order valence-electron chi connectivity index (χ4n) is 2.65. The fourth-order valence-corrected chi connectivity index (χ4v) is 2.65. The van der Waals surface area contributed by atoms with Crippen LogP contribution in [0.3, 0.4) is 0 Å². The zero-order valence-corrected chi connectivity index (χ0v) is 10.7. The van der Waals surface area contributed by atoms with Crippen LogP contribution in [-0.4, -0.2) is 35.2 Å². The average Bonchev–Trinajstić information content (AvgIpc) is 2.28. The number of piperidine rings is 1. The second-order valence-corrected chi connectivity index (χ2v) is 5.32. The van der Waals surface area contributed by atoms with Crippen molar-refractivity contribution in [3.8, 4) is 0 Å². The maximum Gasteiger partial charge on any atom is 0.123 e. The molecule has 0 aromatic heterocycles. The molecule has 0 aliphatic carbocycles. The van der Waals surface area contributed by atoms with E-state index < -0.39 is 0 Å². The molecule has 1 aromatic rings. The van der Waals surface area contributed by atoms with Crippen LogP contribution < -0.4 is 5.73 Å². The van der Waals surface area contributed by atoms with Crippen LogP contribution in [0, 0.1) is 11.7 Å². The smallest absolute Gasteiger partial charge is 0.123 e. The van der Waals surface area contributed by atoms with Crippen LogP contribution in [0.4, 0.5) is 4.39 Å². The number of aliphatic hydroxyl groups is 1. The number of hydrogen-bond donors (Lipinski definition) is 2. The Hall–Kier alpha value is -0.970. The lowest BCUT2D eigenvalue weighted by atomic mass is 9.90. The Bertz CT molecular complexity index is 397. The topological polar surface area (TPSA) is 49.5 Å². The number of nitrogens with zero attached hydrogens (tertiary/aromatic N) is 1. The van der Waals surface area contributed by atoms with Crippen LogP contribution in [0.15, 0.2) is 24.3 Å². The Labute approximate surface area is 107 Å². The van der Waals surface area contributed by atoms with E-state index in [-0.39, 0.29) is 23.9 Å². The lowest BCUT2D eigenvalue weighted by molar-refractivity contribution is 0.0516. The number of hydrogen-bond acceptors (Lipinski definition) is 3. The van der Waals surface area contributed by atoms with E-state index in [4.69, 9.17) is 5.73 Å². The predicted molar refractivity (Wildman–Crippen MR) is 69.4 cm³/mol. The number of aliphatic hydroxyl groups excluding tert-OH is 1. The lowest BCUT2D eigenvalue weighted by Crippen LogP contribution is -2.49. The molecule has 3 nitrogen and oxygen atoms in total. The summed E-state index contributed by atoms with van der Waals surface area (Å²) in [5, 5.41) is 9.68. The first-order chi connectivity index (χ1) is 8.54. The second-order valence-electron chi connectivity index (χ2n) is 5.32. The van der Waals surface area contributed by atoms with Gasteiger partial charge in [0.1, 0.15) is 5.82 Å². The largest absolute Gasteiger partial charge is 0.393 e. The van der Waals surface area contributed by atoms with Crippen molar-refractivity contribution in [3.63, 3.8) is 0 Å². The van der Waals surface area contributed by atoms with Gasteiger partial charge in [-0.1, -0.05) is 12.1 Å². The van der Waals surface area contributed by atoms with E-state index in [0.29, 0.717) is 6.54 Å². The average molecular weight is 252 g/mol. The lowest BCUT2D eigenvalue weighted by Gasteiger charge is -2.37. The molecule has 0 amide bonds. The van der Waals surface area contributed by atoms with Crippen molar-refractivity contribution in [1.82, 2.24) is 4.90 Å². The normalized spacial score (nSPS) is 27.1. The number of benzene rings is 1. The highest BCUT2D eigenvalue weighted by atomic mass is 19.1. The molecule has 1 heterocycles. The zero-order valence-electron chi connectivity index (χ0n) is 10.7. The van der Waals surface area contributed by atoms with E-state index in [1.165, 1.54) is 6.07 Å². The highest BCUT2D eigenvalue weighted by molar-refractivity contribution is 5.16. The molecule has 1 aliphatic rings. The van der Waals surface area contributed by atoms with Crippen molar-refractivity contribution >= 4 is 0 Å². The Morgan fingerprint density at radius 1 is 1.50 bits per heavy atom. The van der Waals surface area contributed by atoms with Gasteiger partial charge in [0.25, 0.3) is 0 Å². The minimum Gasteiger partial charge on any atom is -0.393 e. The Balaban J connectivity index is 2.00. The van der Waals surface area contributed by atoms with Gasteiger partial charge in [-0.15, -0.1) is 0 Å². The summed E-state index contributed by atoms with van der Waals surface area (Å²) in [5.74, 6) is 0.00296. The van der Waals surface area contributed by atoms with Crippen molar-refractivity contribution < 1.29 is 9.50 Å². The van der Waals surface area contributed by atoms with E-state index in [0.717, 1.165) is 25.1 Å². The van der Waals surface area contributed by atoms with Crippen LogP contribution in [0.5, 0.6) is 0 Å². The third-order valence-corrected chi connectivity index (χ3v) is 3.57. The first-order valence-corrected chi connectivity index (χ1v) is 6.45. The first kappa shape index (κ1) is 13.5. The summed E-state index contributed by atoms with van der Waals surface area (Å²) in [5.41, 5.74) is 6.96. The summed E-state index contributed by atoms with van der Waals surface area (Å²) in [7, 11) is 0. The third-order valence-electron chi connectivity index (χ3n) is 3.57. The molecule has 0 saturated carbocycles. The Kier molecular flexibility index (Phi) is 4.32. The van der Waals surface area contributed by atoms with Gasteiger partial charge in [-0.2, -0.15) is 0 Å². The molecule has 0 bridgehead atoms. The highest BCUT2D eigenvalue weighted by Crippen LogP contribution is 2.21. The maximum absolute atomic E-state index is 13.1. The quantitative estimate of drug-likeness (QED) is 0.854. The van der Waals surface area contributed by atoms with Crippen LogP contribution >= 0.6 is 0 Å². The highest BCUT2D eigenvalue weighted by Gasteiger charge is 2.27. The monoisotopic (exact) mass is 252 g/mol. The molecular formula is C14H21FN2O. The van der Waals surface area contributed by atoms with Crippen molar-refractivity contribution in [3.05, 3.63) is 35.6 Å². The minimum absolute atomic E-state index is 0.0897. The van der Waals surface area contributed by atoms with Gasteiger partial charge in [0.15, 0.2) is 0 Å². The molecule has 100 valence electrons. The van der Waals surface area contributed by atoms with Gasteiger partial charge in [0.2, 0.25) is 0 Å². The van der Waals surface area contributed by atoms with E-state index in [9.17, 15) is 9.50 Å². The molecule has 4 heteroatoms. The fraction of sp³-hybridized carbons (Fsp3) is 0.571. The number of likely N-dealkylation sites (tertiary alicyclic amines) is 1. The molecule has 0 spiro atoms. The van der Waals surface area contributed by atoms with Crippen molar-refractivity contribution in [2.45, 2.75) is 32.0 Å². The summed E-state index contributed by atoms with van der Waals surface area (Å²) in [4.78, 5) is 2.19. The van der Waals surface area contributed by atoms with Gasteiger partial charge in [0, 0.05) is 25.7 Å². The molecule has 3 N–H and O–H groups in total. The SMILES string of the molecule is CC(O)C1CC(N)CN(Cc2cccc(F)c2)C1.